The van der Waals surface area contributed by atoms with Crippen molar-refractivity contribution in [2.24, 2.45) is 5.84 Å². The summed E-state index contributed by atoms with van der Waals surface area (Å²) in [4.78, 5) is 12.9. The summed E-state index contributed by atoms with van der Waals surface area (Å²) >= 11 is 0. The number of hydrazine groups is 1. The van der Waals surface area contributed by atoms with E-state index < -0.39 is 0 Å². The van der Waals surface area contributed by atoms with Crippen LogP contribution in [0.15, 0.2) is 16.7 Å². The smallest absolute Gasteiger partial charge is 0.213 e. The first-order valence-corrected chi connectivity index (χ1v) is 6.77. The minimum atomic E-state index is 0.479. The van der Waals surface area contributed by atoms with Gasteiger partial charge in [0, 0.05) is 18.9 Å². The van der Waals surface area contributed by atoms with E-state index in [4.69, 9.17) is 10.3 Å². The molecule has 0 amide bonds. The Bertz CT molecular complexity index is 554. The number of aryl methyl sites for hydroxylation is 2. The second-order valence-corrected chi connectivity index (χ2v) is 4.38. The van der Waals surface area contributed by atoms with Gasteiger partial charge in [-0.3, -0.25) is 0 Å². The Morgan fingerprint density at radius 1 is 1.25 bits per heavy atom. The van der Waals surface area contributed by atoms with Crippen molar-refractivity contribution < 1.29 is 4.42 Å². The second kappa shape index (κ2) is 6.85. The fourth-order valence-corrected chi connectivity index (χ4v) is 1.76. The van der Waals surface area contributed by atoms with Crippen LogP contribution in [0.3, 0.4) is 0 Å². The molecule has 0 aliphatic rings. The molecular formula is C13H20N6O. The number of nitrogens with two attached hydrogens (primary N) is 1. The molecule has 0 fully saturated rings. The quantitative estimate of drug-likeness (QED) is 0.524. The van der Waals surface area contributed by atoms with Crippen LogP contribution in [-0.4, -0.2) is 15.0 Å². The molecule has 0 spiro atoms. The Hall–Kier alpha value is -2.15. The fraction of sp³-hybridized carbons (Fsp3) is 0.462. The van der Waals surface area contributed by atoms with Crippen LogP contribution >= 0.6 is 0 Å². The summed E-state index contributed by atoms with van der Waals surface area (Å²) in [5.41, 5.74) is 2.55. The van der Waals surface area contributed by atoms with Gasteiger partial charge in [-0.2, -0.15) is 0 Å². The minimum Gasteiger partial charge on any atom is -0.444 e. The molecule has 108 valence electrons. The van der Waals surface area contributed by atoms with E-state index in [0.29, 0.717) is 24.1 Å². The minimum absolute atomic E-state index is 0.479. The second-order valence-electron chi connectivity index (χ2n) is 4.38. The van der Waals surface area contributed by atoms with Crippen LogP contribution < -0.4 is 16.6 Å². The van der Waals surface area contributed by atoms with E-state index in [9.17, 15) is 0 Å². The molecule has 0 aliphatic heterocycles. The molecule has 7 nitrogen and oxygen atoms in total. The number of nitrogens with zero attached hydrogens (tertiary/aromatic N) is 3. The average Bonchev–Trinajstić information content (AvgIpc) is 2.93. The molecule has 4 N–H and O–H groups in total. The Morgan fingerprint density at radius 2 is 2.05 bits per heavy atom. The molecule has 0 bridgehead atoms. The summed E-state index contributed by atoms with van der Waals surface area (Å²) in [6.45, 7) is 4.59. The summed E-state index contributed by atoms with van der Waals surface area (Å²) in [6, 6.07) is 1.75. The van der Waals surface area contributed by atoms with Gasteiger partial charge >= 0.3 is 0 Å². The molecule has 2 aromatic heterocycles. The van der Waals surface area contributed by atoms with E-state index in [1.807, 2.05) is 6.92 Å². The SMILES string of the molecule is CCCc1nc(NN)cc(NCc2ncc(CC)o2)n1. The third-order valence-electron chi connectivity index (χ3n) is 2.76. The van der Waals surface area contributed by atoms with Crippen molar-refractivity contribution in [3.05, 3.63) is 29.7 Å². The molecule has 20 heavy (non-hydrogen) atoms. The third kappa shape index (κ3) is 3.67. The van der Waals surface area contributed by atoms with Crippen molar-refractivity contribution in [1.29, 1.82) is 0 Å². The molecule has 0 aliphatic carbocycles. The van der Waals surface area contributed by atoms with E-state index in [1.54, 1.807) is 12.3 Å². The maximum atomic E-state index is 5.53. The number of hydrogen-bond acceptors (Lipinski definition) is 7. The van der Waals surface area contributed by atoms with Crippen LogP contribution in [0, 0.1) is 0 Å². The summed E-state index contributed by atoms with van der Waals surface area (Å²) in [5, 5.41) is 3.17. The zero-order valence-corrected chi connectivity index (χ0v) is 11.8. The summed E-state index contributed by atoms with van der Waals surface area (Å²) in [7, 11) is 0. The van der Waals surface area contributed by atoms with Crippen LogP contribution in [0.4, 0.5) is 11.6 Å². The van der Waals surface area contributed by atoms with Crippen LogP contribution in [0.1, 0.15) is 37.7 Å². The summed E-state index contributed by atoms with van der Waals surface area (Å²) in [5.74, 6) is 8.98. The number of rotatable bonds is 7. The largest absolute Gasteiger partial charge is 0.444 e. The van der Waals surface area contributed by atoms with Crippen LogP contribution in [0.25, 0.3) is 0 Å². The van der Waals surface area contributed by atoms with E-state index in [0.717, 1.165) is 30.8 Å². The lowest BCUT2D eigenvalue weighted by molar-refractivity contribution is 0.465. The lowest BCUT2D eigenvalue weighted by Gasteiger charge is -2.08. The third-order valence-corrected chi connectivity index (χ3v) is 2.76. The van der Waals surface area contributed by atoms with Gasteiger partial charge < -0.3 is 15.2 Å². The van der Waals surface area contributed by atoms with Gasteiger partial charge in [0.05, 0.1) is 12.7 Å². The molecule has 2 aromatic rings. The van der Waals surface area contributed by atoms with Gasteiger partial charge in [0.25, 0.3) is 0 Å². The monoisotopic (exact) mass is 276 g/mol. The summed E-state index contributed by atoms with van der Waals surface area (Å²) in [6.07, 6.45) is 4.37. The molecule has 2 heterocycles. The maximum Gasteiger partial charge on any atom is 0.213 e. The molecular weight excluding hydrogens is 256 g/mol. The van der Waals surface area contributed by atoms with E-state index in [2.05, 4.69) is 32.6 Å². The molecule has 7 heteroatoms. The van der Waals surface area contributed by atoms with Crippen molar-refractivity contribution in [2.75, 3.05) is 10.7 Å². The van der Waals surface area contributed by atoms with Crippen molar-refractivity contribution in [3.63, 3.8) is 0 Å². The predicted molar refractivity (Wildman–Crippen MR) is 77.0 cm³/mol. The van der Waals surface area contributed by atoms with Gasteiger partial charge in [-0.15, -0.1) is 0 Å². The zero-order chi connectivity index (χ0) is 14.4. The van der Waals surface area contributed by atoms with Crippen LogP contribution in [0.2, 0.25) is 0 Å². The Labute approximate surface area is 118 Å². The van der Waals surface area contributed by atoms with Crippen molar-refractivity contribution >= 4 is 11.6 Å². The average molecular weight is 276 g/mol. The Balaban J connectivity index is 2.05. The molecule has 0 atom stereocenters. The van der Waals surface area contributed by atoms with Crippen LogP contribution in [-0.2, 0) is 19.4 Å². The van der Waals surface area contributed by atoms with Gasteiger partial charge in [0.1, 0.15) is 23.2 Å². The molecule has 0 saturated carbocycles. The molecule has 2 rings (SSSR count). The molecule has 0 aromatic carbocycles. The van der Waals surface area contributed by atoms with Crippen LogP contribution in [0.5, 0.6) is 0 Å². The lowest BCUT2D eigenvalue weighted by Crippen LogP contribution is -2.12. The number of anilines is 2. The Kier molecular flexibility index (Phi) is 4.89. The highest BCUT2D eigenvalue weighted by Gasteiger charge is 2.06. The van der Waals surface area contributed by atoms with Crippen molar-refractivity contribution in [2.45, 2.75) is 39.7 Å². The first-order chi connectivity index (χ1) is 9.75. The van der Waals surface area contributed by atoms with Gasteiger partial charge in [-0.25, -0.2) is 20.8 Å². The van der Waals surface area contributed by atoms with Gasteiger partial charge in [0.15, 0.2) is 0 Å². The van der Waals surface area contributed by atoms with Crippen molar-refractivity contribution in [1.82, 2.24) is 15.0 Å². The van der Waals surface area contributed by atoms with Gasteiger partial charge in [-0.05, 0) is 6.42 Å². The highest BCUT2D eigenvalue weighted by Crippen LogP contribution is 2.13. The fourth-order valence-electron chi connectivity index (χ4n) is 1.76. The maximum absolute atomic E-state index is 5.53. The zero-order valence-electron chi connectivity index (χ0n) is 11.8. The molecule has 0 saturated heterocycles. The normalized spacial score (nSPS) is 10.6. The highest BCUT2D eigenvalue weighted by molar-refractivity contribution is 5.46. The number of hydrogen-bond donors (Lipinski definition) is 3. The highest BCUT2D eigenvalue weighted by atomic mass is 16.4. The number of nitrogen functional groups attached to an aromatic ring is 1. The van der Waals surface area contributed by atoms with E-state index >= 15 is 0 Å². The molecule has 0 unspecified atom stereocenters. The topological polar surface area (TPSA) is 102 Å². The van der Waals surface area contributed by atoms with Gasteiger partial charge in [-0.1, -0.05) is 13.8 Å². The van der Waals surface area contributed by atoms with E-state index in [1.165, 1.54) is 0 Å². The lowest BCUT2D eigenvalue weighted by atomic mass is 10.3. The number of aromatic nitrogens is 3. The van der Waals surface area contributed by atoms with Gasteiger partial charge in [0.2, 0.25) is 5.89 Å². The Morgan fingerprint density at radius 3 is 2.70 bits per heavy atom. The summed E-state index contributed by atoms with van der Waals surface area (Å²) < 4.78 is 5.53. The first kappa shape index (κ1) is 14.3. The first-order valence-electron chi connectivity index (χ1n) is 6.77. The standard InChI is InChI=1S/C13H20N6O/c1-3-5-10-17-11(6-12(18-10)19-14)15-8-13-16-7-9(4-2)20-13/h6-7H,3-5,8,14H2,1-2H3,(H2,15,17,18,19). The predicted octanol–water partition coefficient (Wildman–Crippen LogP) is 1.88. The number of oxazole rings is 1. The molecule has 0 radical (unpaired) electrons. The van der Waals surface area contributed by atoms with Crippen molar-refractivity contribution in [3.8, 4) is 0 Å². The van der Waals surface area contributed by atoms with E-state index in [-0.39, 0.29) is 0 Å². The number of nitrogens with one attached hydrogen (secondary N) is 2.